The van der Waals surface area contributed by atoms with Crippen molar-refractivity contribution in [2.24, 2.45) is 5.92 Å². The Morgan fingerprint density at radius 2 is 2.28 bits per heavy atom. The highest BCUT2D eigenvalue weighted by Crippen LogP contribution is 2.45. The van der Waals surface area contributed by atoms with Gasteiger partial charge in [0.05, 0.1) is 5.60 Å². The van der Waals surface area contributed by atoms with Gasteiger partial charge in [-0.25, -0.2) is 4.98 Å². The Balaban J connectivity index is 1.69. The molecule has 6 nitrogen and oxygen atoms in total. The quantitative estimate of drug-likeness (QED) is 0.833. The maximum atomic E-state index is 10.6. The smallest absolute Gasteiger partial charge is 0.203 e. The number of rotatable bonds is 2. The lowest BCUT2D eigenvalue weighted by atomic mass is 9.97. The molecule has 0 bridgehead atoms. The van der Waals surface area contributed by atoms with Crippen LogP contribution in [0.25, 0.3) is 5.65 Å². The van der Waals surface area contributed by atoms with Crippen molar-refractivity contribution in [2.45, 2.75) is 24.9 Å². The maximum absolute atomic E-state index is 10.6. The lowest BCUT2D eigenvalue weighted by molar-refractivity contribution is 0.0400. The van der Waals surface area contributed by atoms with Crippen LogP contribution in [0.4, 0.5) is 5.82 Å². The van der Waals surface area contributed by atoms with E-state index in [1.807, 2.05) is 10.6 Å². The van der Waals surface area contributed by atoms with Gasteiger partial charge in [0, 0.05) is 25.5 Å². The first-order valence-electron chi connectivity index (χ1n) is 6.38. The van der Waals surface area contributed by atoms with Gasteiger partial charge in [0.25, 0.3) is 0 Å². The Kier molecular flexibility index (Phi) is 1.94. The van der Waals surface area contributed by atoms with E-state index < -0.39 is 5.60 Å². The van der Waals surface area contributed by atoms with Crippen molar-refractivity contribution in [3.05, 3.63) is 18.7 Å². The van der Waals surface area contributed by atoms with Crippen LogP contribution in [0, 0.1) is 5.92 Å². The van der Waals surface area contributed by atoms with Gasteiger partial charge in [-0.1, -0.05) is 0 Å². The lowest BCUT2D eigenvalue weighted by Crippen LogP contribution is -2.35. The molecule has 0 amide bonds. The summed E-state index contributed by atoms with van der Waals surface area (Å²) in [6.45, 7) is 1.50. The van der Waals surface area contributed by atoms with Crippen LogP contribution in [0.3, 0.4) is 0 Å². The summed E-state index contributed by atoms with van der Waals surface area (Å²) in [5.41, 5.74) is 0.242. The molecule has 2 aliphatic rings. The van der Waals surface area contributed by atoms with E-state index in [1.165, 1.54) is 0 Å². The van der Waals surface area contributed by atoms with Gasteiger partial charge in [0.15, 0.2) is 5.82 Å². The van der Waals surface area contributed by atoms with Gasteiger partial charge in [-0.3, -0.25) is 4.40 Å². The fourth-order valence-electron chi connectivity index (χ4n) is 2.92. The molecule has 0 spiro atoms. The summed E-state index contributed by atoms with van der Waals surface area (Å²) in [6.07, 6.45) is 8.40. The zero-order chi connectivity index (χ0) is 12.2. The van der Waals surface area contributed by atoms with Gasteiger partial charge in [-0.15, -0.1) is 10.2 Å². The van der Waals surface area contributed by atoms with E-state index in [2.05, 4.69) is 20.1 Å². The second kappa shape index (κ2) is 3.41. The van der Waals surface area contributed by atoms with Gasteiger partial charge in [-0.2, -0.15) is 0 Å². The molecule has 2 aromatic heterocycles. The molecule has 1 saturated heterocycles. The Morgan fingerprint density at radius 3 is 3.11 bits per heavy atom. The van der Waals surface area contributed by atoms with Crippen LogP contribution < -0.4 is 4.90 Å². The van der Waals surface area contributed by atoms with E-state index in [-0.39, 0.29) is 0 Å². The van der Waals surface area contributed by atoms with Crippen LogP contribution in [0.15, 0.2) is 18.7 Å². The third kappa shape index (κ3) is 1.42. The molecule has 18 heavy (non-hydrogen) atoms. The van der Waals surface area contributed by atoms with E-state index in [9.17, 15) is 5.11 Å². The third-order valence-corrected chi connectivity index (χ3v) is 4.11. The first-order chi connectivity index (χ1) is 8.76. The molecular weight excluding hydrogens is 230 g/mol. The molecule has 94 valence electrons. The molecule has 2 fully saturated rings. The van der Waals surface area contributed by atoms with Crippen molar-refractivity contribution in [3.63, 3.8) is 0 Å². The summed E-state index contributed by atoms with van der Waals surface area (Å²) < 4.78 is 1.86. The third-order valence-electron chi connectivity index (χ3n) is 4.11. The highest BCUT2D eigenvalue weighted by molar-refractivity contribution is 5.64. The standard InChI is InChI=1S/C12H15N5O/c18-12(9-1-2-9)3-5-16(7-12)10-11-15-14-8-17(11)6-4-13-10/h4,6,8-9,18H,1-3,5,7H2. The average molecular weight is 245 g/mol. The molecule has 1 aliphatic heterocycles. The normalized spacial score (nSPS) is 28.2. The largest absolute Gasteiger partial charge is 0.388 e. The molecule has 1 saturated carbocycles. The Hall–Kier alpha value is -1.69. The first-order valence-corrected chi connectivity index (χ1v) is 6.38. The van der Waals surface area contributed by atoms with Crippen molar-refractivity contribution in [1.29, 1.82) is 0 Å². The fourth-order valence-corrected chi connectivity index (χ4v) is 2.92. The minimum atomic E-state index is -0.519. The van der Waals surface area contributed by atoms with Gasteiger partial charge < -0.3 is 10.0 Å². The minimum absolute atomic E-state index is 0.486. The number of anilines is 1. The summed E-state index contributed by atoms with van der Waals surface area (Å²) in [4.78, 5) is 6.53. The zero-order valence-electron chi connectivity index (χ0n) is 10.0. The predicted molar refractivity (Wildman–Crippen MR) is 65.3 cm³/mol. The number of nitrogens with zero attached hydrogens (tertiary/aromatic N) is 5. The van der Waals surface area contributed by atoms with E-state index >= 15 is 0 Å². The molecule has 1 unspecified atom stereocenters. The lowest BCUT2D eigenvalue weighted by Gasteiger charge is -2.23. The minimum Gasteiger partial charge on any atom is -0.388 e. The number of aromatic nitrogens is 4. The summed E-state index contributed by atoms with van der Waals surface area (Å²) >= 11 is 0. The van der Waals surface area contributed by atoms with E-state index in [0.717, 1.165) is 37.3 Å². The van der Waals surface area contributed by atoms with E-state index in [4.69, 9.17) is 0 Å². The van der Waals surface area contributed by atoms with Gasteiger partial charge in [0.1, 0.15) is 6.33 Å². The summed E-state index contributed by atoms with van der Waals surface area (Å²) in [7, 11) is 0. The Labute approximate surface area is 104 Å². The number of aliphatic hydroxyl groups is 1. The number of fused-ring (bicyclic) bond motifs is 1. The van der Waals surface area contributed by atoms with Crippen molar-refractivity contribution in [3.8, 4) is 0 Å². The number of hydrogen-bond donors (Lipinski definition) is 1. The molecule has 0 radical (unpaired) electrons. The number of hydrogen-bond acceptors (Lipinski definition) is 5. The van der Waals surface area contributed by atoms with Crippen molar-refractivity contribution < 1.29 is 5.11 Å². The van der Waals surface area contributed by atoms with Crippen LogP contribution in [0.5, 0.6) is 0 Å². The Bertz CT molecular complexity index is 593. The monoisotopic (exact) mass is 245 g/mol. The van der Waals surface area contributed by atoms with Gasteiger partial charge >= 0.3 is 0 Å². The second-order valence-corrected chi connectivity index (χ2v) is 5.36. The predicted octanol–water partition coefficient (Wildman–Crippen LogP) is 0.476. The van der Waals surface area contributed by atoms with Crippen LogP contribution in [-0.4, -0.2) is 43.4 Å². The first kappa shape index (κ1) is 10.3. The second-order valence-electron chi connectivity index (χ2n) is 5.36. The highest BCUT2D eigenvalue weighted by Gasteiger charge is 2.48. The Morgan fingerprint density at radius 1 is 1.39 bits per heavy atom. The van der Waals surface area contributed by atoms with Crippen LogP contribution >= 0.6 is 0 Å². The SMILES string of the molecule is OC1(C2CC2)CCN(c2nccn3cnnc23)C1. The molecule has 3 heterocycles. The molecule has 6 heteroatoms. The van der Waals surface area contributed by atoms with Gasteiger partial charge in [-0.05, 0) is 25.2 Å². The van der Waals surface area contributed by atoms with Gasteiger partial charge in [0.2, 0.25) is 5.65 Å². The molecule has 1 aliphatic carbocycles. The molecule has 1 atom stereocenters. The van der Waals surface area contributed by atoms with Crippen LogP contribution in [0.2, 0.25) is 0 Å². The van der Waals surface area contributed by atoms with E-state index in [0.29, 0.717) is 12.5 Å². The van der Waals surface area contributed by atoms with Crippen molar-refractivity contribution >= 4 is 11.5 Å². The maximum Gasteiger partial charge on any atom is 0.203 e. The van der Waals surface area contributed by atoms with Crippen molar-refractivity contribution in [2.75, 3.05) is 18.0 Å². The number of β-amino-alcohol motifs (C(OH)–C–C–N with tert-alkyl or cyclic N) is 1. The molecule has 2 aromatic rings. The summed E-state index contributed by atoms with van der Waals surface area (Å²) in [5, 5.41) is 18.6. The molecular formula is C12H15N5O. The highest BCUT2D eigenvalue weighted by atomic mass is 16.3. The van der Waals surface area contributed by atoms with Crippen LogP contribution in [-0.2, 0) is 0 Å². The summed E-state index contributed by atoms with van der Waals surface area (Å²) in [5.74, 6) is 1.31. The van der Waals surface area contributed by atoms with Crippen molar-refractivity contribution in [1.82, 2.24) is 19.6 Å². The summed E-state index contributed by atoms with van der Waals surface area (Å²) in [6, 6.07) is 0. The topological polar surface area (TPSA) is 66.5 Å². The van der Waals surface area contributed by atoms with E-state index in [1.54, 1.807) is 12.5 Å². The van der Waals surface area contributed by atoms with Crippen LogP contribution in [0.1, 0.15) is 19.3 Å². The molecule has 0 aromatic carbocycles. The molecule has 4 rings (SSSR count). The molecule has 1 N–H and O–H groups in total. The zero-order valence-corrected chi connectivity index (χ0v) is 10.0. The fraction of sp³-hybridized carbons (Fsp3) is 0.583. The average Bonchev–Trinajstić information content (AvgIpc) is 3.00.